The molecule has 178 valence electrons. The molecule has 2 saturated heterocycles. The number of hydrogen-bond donors (Lipinski definition) is 0. The number of rotatable bonds is 3. The predicted molar refractivity (Wildman–Crippen MR) is 108 cm³/mol. The standard InChI is InChI=1S/C23H25F2NO7/c1-21(2,3)33-20(30)26-10-23(12-8-11(24)6-7-14(12)25)9-13(23)16(26)17(27)15-18(28)31-22(4,5)32-19(15)29/h6-8,13,15-16H,9-10H2,1-5H3/t13-,16?,23+/m0/s1. The topological polar surface area (TPSA) is 99.2 Å². The van der Waals surface area contributed by atoms with Crippen molar-refractivity contribution in [1.82, 2.24) is 4.90 Å². The zero-order valence-electron chi connectivity index (χ0n) is 18.9. The fraction of sp³-hybridized carbons (Fsp3) is 0.565. The Balaban J connectivity index is 1.71. The first kappa shape index (κ1) is 23.1. The van der Waals surface area contributed by atoms with Crippen LogP contribution in [0.1, 0.15) is 46.6 Å². The minimum atomic E-state index is -1.89. The lowest BCUT2D eigenvalue weighted by molar-refractivity contribution is -0.238. The average molecular weight is 465 g/mol. The molecule has 0 radical (unpaired) electrons. The first-order valence-electron chi connectivity index (χ1n) is 10.6. The number of esters is 2. The van der Waals surface area contributed by atoms with E-state index in [9.17, 15) is 28.0 Å². The van der Waals surface area contributed by atoms with E-state index in [0.717, 1.165) is 23.1 Å². The number of halogens is 2. The van der Waals surface area contributed by atoms with E-state index in [2.05, 4.69) is 0 Å². The summed E-state index contributed by atoms with van der Waals surface area (Å²) >= 11 is 0. The molecule has 10 heteroatoms. The molecule has 2 aliphatic heterocycles. The maximum atomic E-state index is 14.7. The fourth-order valence-electron chi connectivity index (χ4n) is 4.80. The van der Waals surface area contributed by atoms with E-state index >= 15 is 0 Å². The van der Waals surface area contributed by atoms with Gasteiger partial charge in [0.15, 0.2) is 5.78 Å². The molecule has 1 amide bonds. The number of amides is 1. The lowest BCUT2D eigenvalue weighted by Crippen LogP contribution is -2.55. The van der Waals surface area contributed by atoms with Gasteiger partial charge in [-0.1, -0.05) is 0 Å². The Labute approximate surface area is 189 Å². The number of fused-ring (bicyclic) bond motifs is 1. The summed E-state index contributed by atoms with van der Waals surface area (Å²) in [7, 11) is 0. The van der Waals surface area contributed by atoms with Crippen LogP contribution in [0.2, 0.25) is 0 Å². The third-order valence-corrected chi connectivity index (χ3v) is 6.14. The Morgan fingerprint density at radius 2 is 1.73 bits per heavy atom. The Morgan fingerprint density at radius 1 is 1.12 bits per heavy atom. The van der Waals surface area contributed by atoms with E-state index in [1.54, 1.807) is 20.8 Å². The molecule has 1 unspecified atom stereocenters. The second-order valence-corrected chi connectivity index (χ2v) is 10.2. The van der Waals surface area contributed by atoms with Crippen LogP contribution >= 0.6 is 0 Å². The van der Waals surface area contributed by atoms with E-state index in [4.69, 9.17) is 14.2 Å². The van der Waals surface area contributed by atoms with Gasteiger partial charge in [-0.05, 0) is 56.9 Å². The van der Waals surface area contributed by atoms with Crippen molar-refractivity contribution in [3.8, 4) is 0 Å². The fourth-order valence-corrected chi connectivity index (χ4v) is 4.80. The number of likely N-dealkylation sites (tertiary alicyclic amines) is 1. The van der Waals surface area contributed by atoms with Crippen molar-refractivity contribution in [3.63, 3.8) is 0 Å². The van der Waals surface area contributed by atoms with E-state index in [0.29, 0.717) is 0 Å². The Bertz CT molecular complexity index is 1040. The summed E-state index contributed by atoms with van der Waals surface area (Å²) < 4.78 is 44.1. The molecule has 0 bridgehead atoms. The second-order valence-electron chi connectivity index (χ2n) is 10.2. The molecule has 8 nitrogen and oxygen atoms in total. The van der Waals surface area contributed by atoms with E-state index in [-0.39, 0.29) is 18.5 Å². The maximum absolute atomic E-state index is 14.7. The number of Topliss-reactive ketones (excluding diaryl/α,β-unsaturated/α-hetero) is 1. The first-order valence-corrected chi connectivity index (χ1v) is 10.6. The Hall–Kier alpha value is -3.04. The van der Waals surface area contributed by atoms with Crippen LogP contribution in [0.3, 0.4) is 0 Å². The molecule has 1 aliphatic carbocycles. The summed E-state index contributed by atoms with van der Waals surface area (Å²) in [6, 6.07) is 1.74. The first-order chi connectivity index (χ1) is 15.2. The van der Waals surface area contributed by atoms with Crippen LogP contribution < -0.4 is 0 Å². The molecule has 0 spiro atoms. The highest BCUT2D eigenvalue weighted by atomic mass is 19.1. The van der Waals surface area contributed by atoms with Crippen molar-refractivity contribution < 1.29 is 42.2 Å². The van der Waals surface area contributed by atoms with E-state index in [1.807, 2.05) is 0 Å². The molecule has 0 aromatic heterocycles. The molecule has 1 saturated carbocycles. The minimum Gasteiger partial charge on any atom is -0.444 e. The molecule has 0 N–H and O–H groups in total. The molecule has 1 aromatic carbocycles. The summed E-state index contributed by atoms with van der Waals surface area (Å²) in [5.41, 5.74) is -1.90. The molecule has 3 aliphatic rings. The van der Waals surface area contributed by atoms with Crippen LogP contribution in [0.5, 0.6) is 0 Å². The smallest absolute Gasteiger partial charge is 0.410 e. The summed E-state index contributed by atoms with van der Waals surface area (Å²) in [4.78, 5) is 52.5. The number of ether oxygens (including phenoxy) is 3. The van der Waals surface area contributed by atoms with Crippen LogP contribution in [0.15, 0.2) is 18.2 Å². The molecule has 1 aromatic rings. The third-order valence-electron chi connectivity index (χ3n) is 6.14. The van der Waals surface area contributed by atoms with Crippen LogP contribution in [-0.2, 0) is 34.0 Å². The summed E-state index contributed by atoms with van der Waals surface area (Å²) in [6.07, 6.45) is -0.590. The number of carbonyl (C=O) groups is 4. The van der Waals surface area contributed by atoms with Crippen LogP contribution in [0.25, 0.3) is 0 Å². The van der Waals surface area contributed by atoms with Gasteiger partial charge in [-0.25, -0.2) is 13.6 Å². The zero-order chi connectivity index (χ0) is 24.5. The van der Waals surface area contributed by atoms with Crippen molar-refractivity contribution in [2.75, 3.05) is 6.54 Å². The number of ketones is 1. The SMILES string of the molecule is CC(C)(C)OC(=O)N1C[C@@]2(c3cc(F)ccc3F)C[C@H]2C1C(=O)C1C(=O)OC(C)(C)OC1=O. The number of hydrogen-bond acceptors (Lipinski definition) is 7. The normalized spacial score (nSPS) is 28.6. The highest BCUT2D eigenvalue weighted by Gasteiger charge is 2.71. The maximum Gasteiger partial charge on any atom is 0.410 e. The van der Waals surface area contributed by atoms with Gasteiger partial charge in [0.25, 0.3) is 5.79 Å². The van der Waals surface area contributed by atoms with E-state index < -0.39 is 70.1 Å². The van der Waals surface area contributed by atoms with Gasteiger partial charge in [-0.3, -0.25) is 19.3 Å². The number of nitrogens with zero attached hydrogens (tertiary/aromatic N) is 1. The second kappa shape index (κ2) is 7.23. The highest BCUT2D eigenvalue weighted by molar-refractivity contribution is 6.18. The molecule has 4 rings (SSSR count). The van der Waals surface area contributed by atoms with Crippen LogP contribution in [0.4, 0.5) is 13.6 Å². The molecule has 3 fully saturated rings. The van der Waals surface area contributed by atoms with Gasteiger partial charge in [0.1, 0.15) is 17.2 Å². The number of benzene rings is 1. The molecular weight excluding hydrogens is 440 g/mol. The molecular formula is C23H25F2NO7. The van der Waals surface area contributed by atoms with Crippen molar-refractivity contribution in [2.45, 2.75) is 63.9 Å². The number of cyclic esters (lactones) is 2. The lowest BCUT2D eigenvalue weighted by Gasteiger charge is -2.35. The van der Waals surface area contributed by atoms with Gasteiger partial charge >= 0.3 is 18.0 Å². The van der Waals surface area contributed by atoms with Crippen LogP contribution in [0, 0.1) is 23.5 Å². The van der Waals surface area contributed by atoms with Gasteiger partial charge in [0.05, 0.1) is 6.04 Å². The summed E-state index contributed by atoms with van der Waals surface area (Å²) in [5.74, 6) is -8.44. The van der Waals surface area contributed by atoms with Gasteiger partial charge < -0.3 is 14.2 Å². The molecule has 3 atom stereocenters. The van der Waals surface area contributed by atoms with Crippen molar-refractivity contribution in [2.24, 2.45) is 11.8 Å². The van der Waals surface area contributed by atoms with Crippen molar-refractivity contribution >= 4 is 23.8 Å². The van der Waals surface area contributed by atoms with E-state index in [1.165, 1.54) is 13.8 Å². The quantitative estimate of drug-likeness (QED) is 0.500. The molecule has 33 heavy (non-hydrogen) atoms. The van der Waals surface area contributed by atoms with Crippen molar-refractivity contribution in [3.05, 3.63) is 35.4 Å². The number of piperidine rings is 1. The Kier molecular flexibility index (Phi) is 5.07. The highest BCUT2D eigenvalue weighted by Crippen LogP contribution is 2.63. The predicted octanol–water partition coefficient (Wildman–Crippen LogP) is 2.86. The zero-order valence-corrected chi connectivity index (χ0v) is 18.9. The lowest BCUT2D eigenvalue weighted by atomic mass is 9.90. The summed E-state index contributed by atoms with van der Waals surface area (Å²) in [6.45, 7) is 7.48. The van der Waals surface area contributed by atoms with Crippen LogP contribution in [-0.4, -0.2) is 52.7 Å². The van der Waals surface area contributed by atoms with Gasteiger partial charge in [0, 0.05) is 25.8 Å². The monoisotopic (exact) mass is 465 g/mol. The third kappa shape index (κ3) is 3.95. The minimum absolute atomic E-state index is 0.0336. The Morgan fingerprint density at radius 3 is 2.30 bits per heavy atom. The molecule has 2 heterocycles. The largest absolute Gasteiger partial charge is 0.444 e. The average Bonchev–Trinajstić information content (AvgIpc) is 3.25. The van der Waals surface area contributed by atoms with Gasteiger partial charge in [-0.15, -0.1) is 0 Å². The van der Waals surface area contributed by atoms with Crippen molar-refractivity contribution in [1.29, 1.82) is 0 Å². The summed E-state index contributed by atoms with van der Waals surface area (Å²) in [5, 5.41) is 0. The van der Waals surface area contributed by atoms with Gasteiger partial charge in [-0.2, -0.15) is 0 Å². The number of carbonyl (C=O) groups excluding carboxylic acids is 4. The van der Waals surface area contributed by atoms with Gasteiger partial charge in [0.2, 0.25) is 5.92 Å².